The molecule has 0 aromatic carbocycles. The quantitative estimate of drug-likeness (QED) is 0.535. The van der Waals surface area contributed by atoms with Crippen LogP contribution in [0.15, 0.2) is 0 Å². The van der Waals surface area contributed by atoms with E-state index in [1.165, 1.54) is 0 Å². The van der Waals surface area contributed by atoms with Gasteiger partial charge in [-0.15, -0.1) is 0 Å². The Morgan fingerprint density at radius 2 is 1.88 bits per heavy atom. The van der Waals surface area contributed by atoms with Crippen molar-refractivity contribution < 1.29 is 19.5 Å². The van der Waals surface area contributed by atoms with Gasteiger partial charge in [0.1, 0.15) is 0 Å². The summed E-state index contributed by atoms with van der Waals surface area (Å²) in [5.41, 5.74) is 5.44. The topological polar surface area (TPSA) is 109 Å². The van der Waals surface area contributed by atoms with E-state index in [2.05, 4.69) is 5.32 Å². The average Bonchev–Trinajstić information content (AvgIpc) is 2.26. The predicted molar refractivity (Wildman–Crippen MR) is 62.1 cm³/mol. The molecule has 0 aliphatic rings. The number of hydrogen-bond donors (Lipinski definition) is 3. The number of carboxylic acids is 1. The van der Waals surface area contributed by atoms with E-state index in [0.717, 1.165) is 19.3 Å². The predicted octanol–water partition coefficient (Wildman–Crippen LogP) is 0.402. The monoisotopic (exact) mass is 244 g/mol. The first-order chi connectivity index (χ1) is 7.97. The highest BCUT2D eigenvalue weighted by atomic mass is 16.4. The van der Waals surface area contributed by atoms with Crippen LogP contribution in [0.4, 0.5) is 0 Å². The molecule has 0 heterocycles. The lowest BCUT2D eigenvalue weighted by atomic mass is 10.1. The van der Waals surface area contributed by atoms with Gasteiger partial charge in [0.25, 0.3) is 0 Å². The van der Waals surface area contributed by atoms with Crippen LogP contribution in [0.1, 0.15) is 45.4 Å². The number of amides is 2. The van der Waals surface area contributed by atoms with Crippen molar-refractivity contribution >= 4 is 17.8 Å². The molecule has 17 heavy (non-hydrogen) atoms. The van der Waals surface area contributed by atoms with Gasteiger partial charge in [0.15, 0.2) is 0 Å². The number of hydrogen-bond acceptors (Lipinski definition) is 4. The lowest BCUT2D eigenvalue weighted by Crippen LogP contribution is -2.43. The van der Waals surface area contributed by atoms with Crippen LogP contribution < -0.4 is 11.1 Å². The molecule has 4 N–H and O–H groups in total. The Morgan fingerprint density at radius 3 is 2.41 bits per heavy atom. The van der Waals surface area contributed by atoms with Gasteiger partial charge >= 0.3 is 5.97 Å². The summed E-state index contributed by atoms with van der Waals surface area (Å²) in [7, 11) is 0. The van der Waals surface area contributed by atoms with Crippen molar-refractivity contribution in [3.63, 3.8) is 0 Å². The Hall–Kier alpha value is -1.43. The molecule has 1 atom stereocenters. The molecular formula is C11H20N2O4. The molecule has 0 radical (unpaired) electrons. The Bertz CT molecular complexity index is 279. The Labute approximate surface area is 101 Å². The SMILES string of the molecule is CCCCCC(=O)NC(=O)[C@@H](N)CCC(=O)O. The zero-order valence-electron chi connectivity index (χ0n) is 10.1. The summed E-state index contributed by atoms with van der Waals surface area (Å²) < 4.78 is 0. The van der Waals surface area contributed by atoms with Crippen molar-refractivity contribution in [2.75, 3.05) is 0 Å². The molecule has 0 rings (SSSR count). The maximum Gasteiger partial charge on any atom is 0.303 e. The number of nitrogens with two attached hydrogens (primary N) is 1. The summed E-state index contributed by atoms with van der Waals surface area (Å²) >= 11 is 0. The summed E-state index contributed by atoms with van der Waals surface area (Å²) in [4.78, 5) is 32.9. The van der Waals surface area contributed by atoms with Crippen molar-refractivity contribution in [2.45, 2.75) is 51.5 Å². The fourth-order valence-electron chi connectivity index (χ4n) is 1.24. The van der Waals surface area contributed by atoms with Crippen LogP contribution in [0.3, 0.4) is 0 Å². The van der Waals surface area contributed by atoms with Crippen molar-refractivity contribution in [1.29, 1.82) is 0 Å². The molecule has 98 valence electrons. The molecule has 0 aromatic rings. The molecule has 6 heteroatoms. The maximum atomic E-state index is 11.3. The van der Waals surface area contributed by atoms with Crippen molar-refractivity contribution in [1.82, 2.24) is 5.32 Å². The minimum atomic E-state index is -1.01. The minimum Gasteiger partial charge on any atom is -0.481 e. The normalized spacial score (nSPS) is 11.9. The van der Waals surface area contributed by atoms with E-state index in [0.29, 0.717) is 6.42 Å². The van der Waals surface area contributed by atoms with Gasteiger partial charge in [0, 0.05) is 12.8 Å². The van der Waals surface area contributed by atoms with E-state index < -0.39 is 17.9 Å². The van der Waals surface area contributed by atoms with Gasteiger partial charge in [-0.05, 0) is 12.8 Å². The second kappa shape index (κ2) is 8.69. The standard InChI is InChI=1S/C11H20N2O4/c1-2-3-4-5-9(14)13-11(17)8(12)6-7-10(15)16/h8H,2-7,12H2,1H3,(H,15,16)(H,13,14,17)/t8-/m0/s1. The number of aliphatic carboxylic acids is 1. The zero-order chi connectivity index (χ0) is 13.3. The van der Waals surface area contributed by atoms with Crippen LogP contribution in [0, 0.1) is 0 Å². The van der Waals surface area contributed by atoms with Crippen LogP contribution in [0.5, 0.6) is 0 Å². The molecule has 0 bridgehead atoms. The second-order valence-electron chi connectivity index (χ2n) is 3.91. The van der Waals surface area contributed by atoms with Gasteiger partial charge < -0.3 is 10.8 Å². The van der Waals surface area contributed by atoms with Gasteiger partial charge in [-0.1, -0.05) is 19.8 Å². The van der Waals surface area contributed by atoms with E-state index in [9.17, 15) is 14.4 Å². The first kappa shape index (κ1) is 15.6. The third-order valence-corrected chi connectivity index (χ3v) is 2.28. The molecule has 0 aromatic heterocycles. The fourth-order valence-corrected chi connectivity index (χ4v) is 1.24. The van der Waals surface area contributed by atoms with E-state index >= 15 is 0 Å². The van der Waals surface area contributed by atoms with E-state index in [1.807, 2.05) is 6.92 Å². The largest absolute Gasteiger partial charge is 0.481 e. The van der Waals surface area contributed by atoms with Crippen LogP contribution >= 0.6 is 0 Å². The third-order valence-electron chi connectivity index (χ3n) is 2.28. The molecule has 0 saturated heterocycles. The van der Waals surface area contributed by atoms with E-state index in [4.69, 9.17) is 10.8 Å². The minimum absolute atomic E-state index is 0.0312. The Morgan fingerprint density at radius 1 is 1.24 bits per heavy atom. The number of carbonyl (C=O) groups excluding carboxylic acids is 2. The van der Waals surface area contributed by atoms with Crippen LogP contribution in [-0.4, -0.2) is 28.9 Å². The lowest BCUT2D eigenvalue weighted by Gasteiger charge is -2.09. The second-order valence-corrected chi connectivity index (χ2v) is 3.91. The molecule has 6 nitrogen and oxygen atoms in total. The van der Waals surface area contributed by atoms with Gasteiger partial charge in [-0.3, -0.25) is 19.7 Å². The summed E-state index contributed by atoms with van der Waals surface area (Å²) in [5.74, 6) is -1.97. The first-order valence-corrected chi connectivity index (χ1v) is 5.78. The molecule has 0 aliphatic carbocycles. The third kappa shape index (κ3) is 8.38. The number of carboxylic acid groups (broad SMARTS) is 1. The molecule has 0 fully saturated rings. The smallest absolute Gasteiger partial charge is 0.303 e. The van der Waals surface area contributed by atoms with Crippen molar-refractivity contribution in [2.24, 2.45) is 5.73 Å². The Balaban J connectivity index is 3.82. The lowest BCUT2D eigenvalue weighted by molar-refractivity contribution is -0.137. The van der Waals surface area contributed by atoms with E-state index in [-0.39, 0.29) is 18.7 Å². The number of unbranched alkanes of at least 4 members (excludes halogenated alkanes) is 2. The summed E-state index contributed by atoms with van der Waals surface area (Å²) in [6.45, 7) is 2.02. The van der Waals surface area contributed by atoms with Crippen molar-refractivity contribution in [3.8, 4) is 0 Å². The van der Waals surface area contributed by atoms with E-state index in [1.54, 1.807) is 0 Å². The van der Waals surface area contributed by atoms with Gasteiger partial charge in [-0.25, -0.2) is 0 Å². The van der Waals surface area contributed by atoms with Gasteiger partial charge in [-0.2, -0.15) is 0 Å². The zero-order valence-corrected chi connectivity index (χ0v) is 10.1. The highest BCUT2D eigenvalue weighted by molar-refractivity contribution is 5.97. The fraction of sp³-hybridized carbons (Fsp3) is 0.727. The first-order valence-electron chi connectivity index (χ1n) is 5.78. The van der Waals surface area contributed by atoms with Crippen LogP contribution in [0.2, 0.25) is 0 Å². The summed E-state index contributed by atoms with van der Waals surface area (Å²) in [6, 6.07) is -0.943. The highest BCUT2D eigenvalue weighted by Gasteiger charge is 2.16. The molecule has 2 amide bonds. The highest BCUT2D eigenvalue weighted by Crippen LogP contribution is 1.99. The van der Waals surface area contributed by atoms with Gasteiger partial charge in [0.2, 0.25) is 11.8 Å². The van der Waals surface area contributed by atoms with Crippen molar-refractivity contribution in [3.05, 3.63) is 0 Å². The number of nitrogens with one attached hydrogen (secondary N) is 1. The number of carbonyl (C=O) groups is 3. The van der Waals surface area contributed by atoms with Gasteiger partial charge in [0.05, 0.1) is 6.04 Å². The maximum absolute atomic E-state index is 11.3. The number of imide groups is 1. The molecule has 0 saturated carbocycles. The molecule has 0 aliphatic heterocycles. The molecule has 0 spiro atoms. The summed E-state index contributed by atoms with van der Waals surface area (Å²) in [6.07, 6.45) is 2.82. The van der Waals surface area contributed by atoms with Crippen LogP contribution in [0.25, 0.3) is 0 Å². The summed E-state index contributed by atoms with van der Waals surface area (Å²) in [5, 5.41) is 10.6. The number of rotatable bonds is 8. The average molecular weight is 244 g/mol. The molecule has 0 unspecified atom stereocenters. The Kier molecular flexibility index (Phi) is 7.96. The molecular weight excluding hydrogens is 224 g/mol. The van der Waals surface area contributed by atoms with Crippen LogP contribution in [-0.2, 0) is 14.4 Å².